The van der Waals surface area contributed by atoms with Gasteiger partial charge in [0.05, 0.1) is 12.3 Å². The number of aryl methyl sites for hydroxylation is 1. The van der Waals surface area contributed by atoms with E-state index in [4.69, 9.17) is 9.47 Å². The van der Waals surface area contributed by atoms with Crippen LogP contribution in [0, 0.1) is 5.92 Å². The van der Waals surface area contributed by atoms with Crippen LogP contribution in [0.1, 0.15) is 25.3 Å². The molecule has 0 unspecified atom stereocenters. The summed E-state index contributed by atoms with van der Waals surface area (Å²) in [6.07, 6.45) is 6.61. The van der Waals surface area contributed by atoms with E-state index in [0.717, 1.165) is 38.2 Å². The van der Waals surface area contributed by atoms with E-state index in [0.29, 0.717) is 18.6 Å². The van der Waals surface area contributed by atoms with Crippen molar-refractivity contribution in [3.05, 3.63) is 48.3 Å². The topological polar surface area (TPSA) is 39.5 Å². The number of ether oxygens (including phenoxy) is 2. The first-order chi connectivity index (χ1) is 12.1. The van der Waals surface area contributed by atoms with Crippen molar-refractivity contribution < 1.29 is 9.47 Å². The number of aromatic nitrogens is 2. The number of likely N-dealkylation sites (tertiary alicyclic amines) is 1. The Bertz CT molecular complexity index is 702. The second-order valence-corrected chi connectivity index (χ2v) is 7.72. The standard InChI is InChI=1S/C20H27N3O2/c1-20(15-24-18-6-4-3-5-7-18)10-17-14-23(9-8-19(17)25-20)13-16-11-21-22(2)12-16/h3-7,11-12,17,19H,8-10,13-15H2,1-2H3/t17-,19+,20-/m1/s1. The molecule has 3 atom stereocenters. The molecule has 3 heterocycles. The molecule has 0 amide bonds. The Morgan fingerprint density at radius 2 is 2.16 bits per heavy atom. The molecule has 0 radical (unpaired) electrons. The Morgan fingerprint density at radius 3 is 2.92 bits per heavy atom. The van der Waals surface area contributed by atoms with Gasteiger partial charge in [-0.1, -0.05) is 18.2 Å². The Labute approximate surface area is 149 Å². The molecule has 0 aliphatic carbocycles. The first kappa shape index (κ1) is 16.6. The zero-order valence-corrected chi connectivity index (χ0v) is 15.1. The molecular formula is C20H27N3O2. The smallest absolute Gasteiger partial charge is 0.119 e. The molecule has 0 saturated carbocycles. The van der Waals surface area contributed by atoms with E-state index < -0.39 is 0 Å². The third-order valence-corrected chi connectivity index (χ3v) is 5.33. The van der Waals surface area contributed by atoms with Gasteiger partial charge in [-0.25, -0.2) is 0 Å². The van der Waals surface area contributed by atoms with Gasteiger partial charge in [-0.15, -0.1) is 0 Å². The Balaban J connectivity index is 1.33. The van der Waals surface area contributed by atoms with E-state index in [1.54, 1.807) is 0 Å². The average molecular weight is 341 g/mol. The van der Waals surface area contributed by atoms with Crippen LogP contribution < -0.4 is 4.74 Å². The minimum absolute atomic E-state index is 0.185. The summed E-state index contributed by atoms with van der Waals surface area (Å²) >= 11 is 0. The number of rotatable bonds is 5. The predicted octanol–water partition coefficient (Wildman–Crippen LogP) is 2.87. The molecule has 25 heavy (non-hydrogen) atoms. The van der Waals surface area contributed by atoms with E-state index in [-0.39, 0.29) is 5.60 Å². The molecule has 2 aliphatic rings. The maximum absolute atomic E-state index is 6.41. The van der Waals surface area contributed by atoms with E-state index in [1.807, 2.05) is 48.3 Å². The highest BCUT2D eigenvalue weighted by Crippen LogP contribution is 2.39. The van der Waals surface area contributed by atoms with Crippen LogP contribution >= 0.6 is 0 Å². The maximum atomic E-state index is 6.41. The minimum Gasteiger partial charge on any atom is -0.491 e. The fourth-order valence-corrected chi connectivity index (χ4v) is 4.21. The number of hydrogen-bond donors (Lipinski definition) is 0. The van der Waals surface area contributed by atoms with Crippen molar-refractivity contribution in [3.63, 3.8) is 0 Å². The Morgan fingerprint density at radius 1 is 1.32 bits per heavy atom. The first-order valence-electron chi connectivity index (χ1n) is 9.15. The lowest BCUT2D eigenvalue weighted by Gasteiger charge is -2.33. The maximum Gasteiger partial charge on any atom is 0.119 e. The molecule has 2 saturated heterocycles. The third kappa shape index (κ3) is 3.88. The van der Waals surface area contributed by atoms with Gasteiger partial charge in [0.1, 0.15) is 18.0 Å². The number of piperidine rings is 1. The molecule has 4 rings (SSSR count). The molecule has 5 heteroatoms. The molecule has 2 aliphatic heterocycles. The number of para-hydroxylation sites is 1. The lowest BCUT2D eigenvalue weighted by atomic mass is 9.89. The van der Waals surface area contributed by atoms with Crippen molar-refractivity contribution in [2.75, 3.05) is 19.7 Å². The van der Waals surface area contributed by atoms with E-state index in [2.05, 4.69) is 23.1 Å². The highest BCUT2D eigenvalue weighted by molar-refractivity contribution is 5.21. The minimum atomic E-state index is -0.185. The monoisotopic (exact) mass is 341 g/mol. The van der Waals surface area contributed by atoms with Gasteiger partial charge in [0.25, 0.3) is 0 Å². The largest absolute Gasteiger partial charge is 0.491 e. The highest BCUT2D eigenvalue weighted by atomic mass is 16.6. The van der Waals surface area contributed by atoms with Crippen molar-refractivity contribution in [2.24, 2.45) is 13.0 Å². The Hall–Kier alpha value is -1.85. The van der Waals surface area contributed by atoms with Gasteiger partial charge in [-0.3, -0.25) is 9.58 Å². The average Bonchev–Trinajstić information content (AvgIpc) is 3.16. The van der Waals surface area contributed by atoms with Crippen LogP contribution in [0.2, 0.25) is 0 Å². The van der Waals surface area contributed by atoms with Crippen LogP contribution in [0.15, 0.2) is 42.7 Å². The summed E-state index contributed by atoms with van der Waals surface area (Å²) < 4.78 is 14.3. The lowest BCUT2D eigenvalue weighted by Crippen LogP contribution is -2.40. The number of hydrogen-bond acceptors (Lipinski definition) is 4. The fraction of sp³-hybridized carbons (Fsp3) is 0.550. The van der Waals surface area contributed by atoms with Gasteiger partial charge in [0.15, 0.2) is 0 Å². The van der Waals surface area contributed by atoms with Crippen molar-refractivity contribution >= 4 is 0 Å². The van der Waals surface area contributed by atoms with Crippen molar-refractivity contribution in [1.82, 2.24) is 14.7 Å². The first-order valence-corrected chi connectivity index (χ1v) is 9.15. The summed E-state index contributed by atoms with van der Waals surface area (Å²) in [4.78, 5) is 2.53. The van der Waals surface area contributed by atoms with Crippen molar-refractivity contribution in [2.45, 2.75) is 38.0 Å². The van der Waals surface area contributed by atoms with Crippen LogP contribution in [0.5, 0.6) is 5.75 Å². The van der Waals surface area contributed by atoms with E-state index >= 15 is 0 Å². The third-order valence-electron chi connectivity index (χ3n) is 5.33. The SMILES string of the molecule is Cn1cc(CN2CC[C@@H]3O[C@@](C)(COc4ccccc4)C[C@@H]3C2)cn1. The molecule has 0 spiro atoms. The van der Waals surface area contributed by atoms with Crippen LogP contribution in [-0.2, 0) is 18.3 Å². The normalized spacial score (nSPS) is 29.5. The summed E-state index contributed by atoms with van der Waals surface area (Å²) in [5, 5.41) is 4.27. The van der Waals surface area contributed by atoms with Crippen LogP contribution in [0.3, 0.4) is 0 Å². The van der Waals surface area contributed by atoms with Crippen LogP contribution in [-0.4, -0.2) is 46.1 Å². The summed E-state index contributed by atoms with van der Waals surface area (Å²) in [5.74, 6) is 1.51. The molecule has 0 N–H and O–H groups in total. The molecular weight excluding hydrogens is 314 g/mol. The summed E-state index contributed by atoms with van der Waals surface area (Å²) in [6.45, 7) is 5.98. The Kier molecular flexibility index (Phi) is 4.52. The van der Waals surface area contributed by atoms with E-state index in [9.17, 15) is 0 Å². The zero-order chi connectivity index (χ0) is 17.3. The predicted molar refractivity (Wildman–Crippen MR) is 96.4 cm³/mol. The summed E-state index contributed by atoms with van der Waals surface area (Å²) in [5.41, 5.74) is 1.10. The molecule has 2 fully saturated rings. The number of benzene rings is 1. The summed E-state index contributed by atoms with van der Waals surface area (Å²) in [6, 6.07) is 10.0. The van der Waals surface area contributed by atoms with Crippen LogP contribution in [0.4, 0.5) is 0 Å². The van der Waals surface area contributed by atoms with Crippen molar-refractivity contribution in [3.8, 4) is 5.75 Å². The second kappa shape index (κ2) is 6.81. The van der Waals surface area contributed by atoms with E-state index in [1.165, 1.54) is 5.56 Å². The molecule has 5 nitrogen and oxygen atoms in total. The molecule has 2 aromatic rings. The fourth-order valence-electron chi connectivity index (χ4n) is 4.21. The quantitative estimate of drug-likeness (QED) is 0.838. The molecule has 0 bridgehead atoms. The van der Waals surface area contributed by atoms with Gasteiger partial charge in [-0.05, 0) is 31.9 Å². The molecule has 1 aromatic carbocycles. The zero-order valence-electron chi connectivity index (χ0n) is 15.1. The van der Waals surface area contributed by atoms with Crippen molar-refractivity contribution in [1.29, 1.82) is 0 Å². The van der Waals surface area contributed by atoms with Gasteiger partial charge < -0.3 is 9.47 Å². The molecule has 134 valence electrons. The van der Waals surface area contributed by atoms with Gasteiger partial charge >= 0.3 is 0 Å². The lowest BCUT2D eigenvalue weighted by molar-refractivity contribution is -0.0697. The van der Waals surface area contributed by atoms with Crippen LogP contribution in [0.25, 0.3) is 0 Å². The summed E-state index contributed by atoms with van der Waals surface area (Å²) in [7, 11) is 1.97. The highest BCUT2D eigenvalue weighted by Gasteiger charge is 2.46. The second-order valence-electron chi connectivity index (χ2n) is 7.72. The van der Waals surface area contributed by atoms with Gasteiger partial charge in [0, 0.05) is 44.4 Å². The molecule has 1 aromatic heterocycles. The van der Waals surface area contributed by atoms with Gasteiger partial charge in [-0.2, -0.15) is 5.10 Å². The number of fused-ring (bicyclic) bond motifs is 1. The number of nitrogens with zero attached hydrogens (tertiary/aromatic N) is 3. The van der Waals surface area contributed by atoms with Gasteiger partial charge in [0.2, 0.25) is 0 Å².